The molecule has 0 aliphatic carbocycles. The van der Waals surface area contributed by atoms with E-state index in [1.165, 1.54) is 12.1 Å². The fraction of sp³-hybridized carbons (Fsp3) is 0.174. The van der Waals surface area contributed by atoms with E-state index in [9.17, 15) is 17.6 Å². The second-order valence-electron chi connectivity index (χ2n) is 7.09. The number of amides is 1. The molecule has 4 rings (SSSR count). The number of benzene rings is 3. The number of para-hydroxylation sites is 2. The lowest BCUT2D eigenvalue weighted by Gasteiger charge is -2.34. The Morgan fingerprint density at radius 3 is 2.42 bits per heavy atom. The summed E-state index contributed by atoms with van der Waals surface area (Å²) in [5.74, 6) is -0.635. The van der Waals surface area contributed by atoms with E-state index in [0.717, 1.165) is 22.0 Å². The highest BCUT2D eigenvalue weighted by molar-refractivity contribution is 7.92. The summed E-state index contributed by atoms with van der Waals surface area (Å²) in [6, 6.07) is 20.9. The van der Waals surface area contributed by atoms with Crippen LogP contribution in [0.1, 0.15) is 5.56 Å². The summed E-state index contributed by atoms with van der Waals surface area (Å²) in [6.45, 7) is 0.211. The van der Waals surface area contributed by atoms with Gasteiger partial charge in [-0.2, -0.15) is 0 Å². The van der Waals surface area contributed by atoms with Gasteiger partial charge in [0.05, 0.1) is 17.1 Å². The highest BCUT2D eigenvalue weighted by Crippen LogP contribution is 2.36. The molecular weight excluding hydrogens is 419 g/mol. The standard InChI is InChI=1S/C23H21FN2O4S/c24-18-10-12-19(13-11-18)31(28,29)26-16-22(30-21-9-5-4-8-20(21)26)23(27)25-15-14-17-6-2-1-3-7-17/h1-13,22H,14-16H2,(H,25,27)/t22-/m0/s1. The maximum Gasteiger partial charge on any atom is 0.264 e. The van der Waals surface area contributed by atoms with E-state index in [0.29, 0.717) is 24.4 Å². The summed E-state index contributed by atoms with van der Waals surface area (Å²) >= 11 is 0. The third kappa shape index (κ3) is 4.54. The molecule has 0 saturated heterocycles. The Morgan fingerprint density at radius 2 is 1.68 bits per heavy atom. The minimum Gasteiger partial charge on any atom is -0.476 e. The van der Waals surface area contributed by atoms with Crippen molar-refractivity contribution in [1.82, 2.24) is 5.32 Å². The summed E-state index contributed by atoms with van der Waals surface area (Å²) < 4.78 is 46.7. The lowest BCUT2D eigenvalue weighted by molar-refractivity contribution is -0.127. The van der Waals surface area contributed by atoms with Gasteiger partial charge in [0.25, 0.3) is 15.9 Å². The van der Waals surface area contributed by atoms with E-state index in [1.54, 1.807) is 24.3 Å². The average molecular weight is 440 g/mol. The predicted octanol–water partition coefficient (Wildman–Crippen LogP) is 3.14. The third-order valence-corrected chi connectivity index (χ3v) is 6.78. The number of carbonyl (C=O) groups is 1. The molecule has 0 unspecified atom stereocenters. The zero-order valence-electron chi connectivity index (χ0n) is 16.6. The Bertz CT molecular complexity index is 1170. The van der Waals surface area contributed by atoms with Crippen molar-refractivity contribution in [3.63, 3.8) is 0 Å². The molecule has 3 aromatic carbocycles. The number of sulfonamides is 1. The van der Waals surface area contributed by atoms with Crippen molar-refractivity contribution in [2.75, 3.05) is 17.4 Å². The number of carbonyl (C=O) groups excluding carboxylic acids is 1. The quantitative estimate of drug-likeness (QED) is 0.639. The number of rotatable bonds is 6. The van der Waals surface area contributed by atoms with Crippen LogP contribution in [-0.2, 0) is 21.2 Å². The molecule has 1 aliphatic rings. The van der Waals surface area contributed by atoms with E-state index in [2.05, 4.69) is 5.32 Å². The minimum absolute atomic E-state index is 0.0613. The zero-order valence-corrected chi connectivity index (χ0v) is 17.4. The maximum atomic E-state index is 13.3. The number of hydrogen-bond donors (Lipinski definition) is 1. The number of hydrogen-bond acceptors (Lipinski definition) is 4. The molecular formula is C23H21FN2O4S. The summed E-state index contributed by atoms with van der Waals surface area (Å²) in [7, 11) is -4.02. The predicted molar refractivity (Wildman–Crippen MR) is 115 cm³/mol. The molecule has 6 nitrogen and oxygen atoms in total. The number of nitrogens with zero attached hydrogens (tertiary/aromatic N) is 1. The highest BCUT2D eigenvalue weighted by Gasteiger charge is 2.37. The topological polar surface area (TPSA) is 75.7 Å². The molecule has 1 amide bonds. The summed E-state index contributed by atoms with van der Waals surface area (Å²) in [5.41, 5.74) is 1.42. The van der Waals surface area contributed by atoms with Crippen LogP contribution in [0.4, 0.5) is 10.1 Å². The van der Waals surface area contributed by atoms with Gasteiger partial charge in [0, 0.05) is 6.54 Å². The van der Waals surface area contributed by atoms with Gasteiger partial charge in [-0.25, -0.2) is 12.8 Å². The SMILES string of the molecule is O=C(NCCc1ccccc1)[C@@H]1CN(S(=O)(=O)c2ccc(F)cc2)c2ccccc2O1. The van der Waals surface area contributed by atoms with Crippen molar-refractivity contribution >= 4 is 21.6 Å². The van der Waals surface area contributed by atoms with Crippen molar-refractivity contribution in [2.45, 2.75) is 17.4 Å². The number of ether oxygens (including phenoxy) is 1. The molecule has 0 fully saturated rings. The Morgan fingerprint density at radius 1 is 1.00 bits per heavy atom. The van der Waals surface area contributed by atoms with Crippen molar-refractivity contribution in [3.05, 3.63) is 90.2 Å². The van der Waals surface area contributed by atoms with Crippen LogP contribution in [0.25, 0.3) is 0 Å². The number of fused-ring (bicyclic) bond motifs is 1. The first kappa shape index (κ1) is 20.9. The van der Waals surface area contributed by atoms with Gasteiger partial charge in [0.15, 0.2) is 6.10 Å². The van der Waals surface area contributed by atoms with E-state index in [-0.39, 0.29) is 11.4 Å². The van der Waals surface area contributed by atoms with E-state index < -0.39 is 27.9 Å². The molecule has 0 aromatic heterocycles. The molecule has 0 radical (unpaired) electrons. The molecule has 1 N–H and O–H groups in total. The first-order chi connectivity index (χ1) is 14.9. The third-order valence-electron chi connectivity index (χ3n) is 4.98. The molecule has 8 heteroatoms. The molecule has 1 aliphatic heterocycles. The molecule has 0 saturated carbocycles. The van der Waals surface area contributed by atoms with Crippen LogP contribution in [0.2, 0.25) is 0 Å². The van der Waals surface area contributed by atoms with Gasteiger partial charge in [0.1, 0.15) is 11.6 Å². The summed E-state index contributed by atoms with van der Waals surface area (Å²) in [5, 5.41) is 2.82. The van der Waals surface area contributed by atoms with E-state index in [4.69, 9.17) is 4.74 Å². The molecule has 160 valence electrons. The lowest BCUT2D eigenvalue weighted by Crippen LogP contribution is -2.51. The largest absolute Gasteiger partial charge is 0.476 e. The number of nitrogens with one attached hydrogen (secondary N) is 1. The van der Waals surface area contributed by atoms with Gasteiger partial charge in [0.2, 0.25) is 0 Å². The minimum atomic E-state index is -4.02. The van der Waals surface area contributed by atoms with Crippen LogP contribution < -0.4 is 14.4 Å². The zero-order chi connectivity index (χ0) is 21.8. The second kappa shape index (κ2) is 8.77. The average Bonchev–Trinajstić information content (AvgIpc) is 2.79. The fourth-order valence-corrected chi connectivity index (χ4v) is 4.86. The van der Waals surface area contributed by atoms with Crippen molar-refractivity contribution in [3.8, 4) is 5.75 Å². The summed E-state index contributed by atoms with van der Waals surface area (Å²) in [6.07, 6.45) is -0.367. The van der Waals surface area contributed by atoms with Crippen molar-refractivity contribution in [2.24, 2.45) is 0 Å². The lowest BCUT2D eigenvalue weighted by atomic mass is 10.1. The number of anilines is 1. The van der Waals surface area contributed by atoms with Gasteiger partial charge >= 0.3 is 0 Å². The van der Waals surface area contributed by atoms with Crippen LogP contribution in [0.15, 0.2) is 83.8 Å². The number of halogens is 1. The molecule has 0 bridgehead atoms. The van der Waals surface area contributed by atoms with Gasteiger partial charge in [-0.05, 0) is 48.4 Å². The van der Waals surface area contributed by atoms with Crippen LogP contribution in [0.3, 0.4) is 0 Å². The van der Waals surface area contributed by atoms with E-state index in [1.807, 2.05) is 30.3 Å². The molecule has 3 aromatic rings. The van der Waals surface area contributed by atoms with Crippen LogP contribution in [-0.4, -0.2) is 33.5 Å². The fourth-order valence-electron chi connectivity index (χ4n) is 3.39. The van der Waals surface area contributed by atoms with Crippen molar-refractivity contribution < 1.29 is 22.3 Å². The highest BCUT2D eigenvalue weighted by atomic mass is 32.2. The summed E-state index contributed by atoms with van der Waals surface area (Å²) in [4.78, 5) is 12.7. The van der Waals surface area contributed by atoms with Crippen LogP contribution in [0.5, 0.6) is 5.75 Å². The smallest absolute Gasteiger partial charge is 0.264 e. The second-order valence-corrected chi connectivity index (χ2v) is 8.95. The van der Waals surface area contributed by atoms with Gasteiger partial charge < -0.3 is 10.1 Å². The Labute approximate surface area is 180 Å². The Balaban J connectivity index is 1.54. The van der Waals surface area contributed by atoms with Crippen LogP contribution >= 0.6 is 0 Å². The normalized spacial score (nSPS) is 15.6. The molecule has 31 heavy (non-hydrogen) atoms. The molecule has 0 spiro atoms. The van der Waals surface area contributed by atoms with Crippen molar-refractivity contribution in [1.29, 1.82) is 0 Å². The van der Waals surface area contributed by atoms with E-state index >= 15 is 0 Å². The van der Waals surface area contributed by atoms with Crippen LogP contribution in [0, 0.1) is 5.82 Å². The van der Waals surface area contributed by atoms with Gasteiger partial charge in [-0.1, -0.05) is 42.5 Å². The van der Waals surface area contributed by atoms with Gasteiger partial charge in [-0.3, -0.25) is 9.10 Å². The molecule has 1 heterocycles. The molecule has 1 atom stereocenters. The first-order valence-electron chi connectivity index (χ1n) is 9.81. The monoisotopic (exact) mass is 440 g/mol. The first-order valence-corrected chi connectivity index (χ1v) is 11.2. The maximum absolute atomic E-state index is 13.3. The Kier molecular flexibility index (Phi) is 5.90. The van der Waals surface area contributed by atoms with Gasteiger partial charge in [-0.15, -0.1) is 0 Å². The Hall–Kier alpha value is -3.39.